The summed E-state index contributed by atoms with van der Waals surface area (Å²) in [6, 6.07) is 0. The molecule has 0 bridgehead atoms. The first-order chi connectivity index (χ1) is 6.02. The number of esters is 1. The maximum absolute atomic E-state index is 11.4. The Kier molecular flexibility index (Phi) is 5.09. The SMILES string of the molecule is O=C(O)C=CC(=O)OCC=C(F)F. The first kappa shape index (κ1) is 11.3. The lowest BCUT2D eigenvalue weighted by Gasteiger charge is -1.94. The van der Waals surface area contributed by atoms with E-state index in [-0.39, 0.29) is 0 Å². The summed E-state index contributed by atoms with van der Waals surface area (Å²) in [4.78, 5) is 20.3. The van der Waals surface area contributed by atoms with Crippen LogP contribution in [0.5, 0.6) is 0 Å². The Morgan fingerprint density at radius 1 is 1.31 bits per heavy atom. The van der Waals surface area contributed by atoms with Crippen LogP contribution in [0, 0.1) is 0 Å². The molecule has 0 aromatic carbocycles. The van der Waals surface area contributed by atoms with E-state index in [1.807, 2.05) is 0 Å². The molecule has 4 nitrogen and oxygen atoms in total. The number of carbonyl (C=O) groups excluding carboxylic acids is 1. The maximum Gasteiger partial charge on any atom is 0.331 e. The van der Waals surface area contributed by atoms with Crippen molar-refractivity contribution in [3.05, 3.63) is 24.3 Å². The summed E-state index contributed by atoms with van der Waals surface area (Å²) >= 11 is 0. The quantitative estimate of drug-likeness (QED) is 0.532. The summed E-state index contributed by atoms with van der Waals surface area (Å²) in [6.07, 6.45) is -0.383. The summed E-state index contributed by atoms with van der Waals surface area (Å²) < 4.78 is 26.9. The summed E-state index contributed by atoms with van der Waals surface area (Å²) in [5, 5.41) is 8.05. The van der Waals surface area contributed by atoms with Gasteiger partial charge in [-0.3, -0.25) is 0 Å². The first-order valence-corrected chi connectivity index (χ1v) is 3.11. The lowest BCUT2D eigenvalue weighted by atomic mass is 10.5. The molecule has 0 radical (unpaired) electrons. The highest BCUT2D eigenvalue weighted by molar-refractivity contribution is 5.90. The third-order valence-electron chi connectivity index (χ3n) is 0.825. The van der Waals surface area contributed by atoms with Gasteiger partial charge in [0.1, 0.15) is 6.61 Å². The van der Waals surface area contributed by atoms with Gasteiger partial charge >= 0.3 is 11.9 Å². The van der Waals surface area contributed by atoms with E-state index in [0.717, 1.165) is 0 Å². The average molecular weight is 192 g/mol. The van der Waals surface area contributed by atoms with E-state index in [0.29, 0.717) is 18.2 Å². The van der Waals surface area contributed by atoms with Gasteiger partial charge in [-0.25, -0.2) is 9.59 Å². The van der Waals surface area contributed by atoms with Crippen molar-refractivity contribution >= 4 is 11.9 Å². The molecule has 0 atom stereocenters. The van der Waals surface area contributed by atoms with Crippen LogP contribution in [-0.4, -0.2) is 23.7 Å². The highest BCUT2D eigenvalue weighted by Gasteiger charge is 1.97. The zero-order valence-electron chi connectivity index (χ0n) is 6.37. The van der Waals surface area contributed by atoms with Gasteiger partial charge in [0.2, 0.25) is 0 Å². The van der Waals surface area contributed by atoms with Crippen molar-refractivity contribution in [2.75, 3.05) is 6.61 Å². The number of halogens is 2. The van der Waals surface area contributed by atoms with Crippen LogP contribution in [0.3, 0.4) is 0 Å². The number of hydrogen-bond acceptors (Lipinski definition) is 3. The molecule has 0 rings (SSSR count). The molecule has 0 heterocycles. The number of aliphatic carboxylic acids is 1. The van der Waals surface area contributed by atoms with Crippen LogP contribution in [0.15, 0.2) is 24.3 Å². The minimum Gasteiger partial charge on any atom is -0.478 e. The van der Waals surface area contributed by atoms with Crippen LogP contribution in [0.2, 0.25) is 0 Å². The van der Waals surface area contributed by atoms with E-state index in [1.54, 1.807) is 0 Å². The summed E-state index contributed by atoms with van der Waals surface area (Å²) in [7, 11) is 0. The lowest BCUT2D eigenvalue weighted by molar-refractivity contribution is -0.137. The number of carboxylic acids is 1. The molecule has 72 valence electrons. The Morgan fingerprint density at radius 2 is 1.92 bits per heavy atom. The van der Waals surface area contributed by atoms with Gasteiger partial charge < -0.3 is 9.84 Å². The first-order valence-electron chi connectivity index (χ1n) is 3.11. The Balaban J connectivity index is 3.77. The minimum absolute atomic E-state index is 0.395. The van der Waals surface area contributed by atoms with Gasteiger partial charge in [0, 0.05) is 18.2 Å². The predicted molar refractivity (Wildman–Crippen MR) is 38.0 cm³/mol. The Bertz CT molecular complexity index is 253. The molecule has 0 saturated carbocycles. The predicted octanol–water partition coefficient (Wildman–Crippen LogP) is 0.951. The number of rotatable bonds is 4. The largest absolute Gasteiger partial charge is 0.478 e. The molecule has 0 unspecified atom stereocenters. The van der Waals surface area contributed by atoms with Crippen molar-refractivity contribution in [1.29, 1.82) is 0 Å². The molecule has 0 aliphatic rings. The second-order valence-electron chi connectivity index (χ2n) is 1.80. The van der Waals surface area contributed by atoms with Crippen molar-refractivity contribution in [3.63, 3.8) is 0 Å². The molecule has 6 heteroatoms. The number of ether oxygens (including phenoxy) is 1. The molecular weight excluding hydrogens is 186 g/mol. The van der Waals surface area contributed by atoms with Crippen molar-refractivity contribution in [2.24, 2.45) is 0 Å². The van der Waals surface area contributed by atoms with E-state index in [4.69, 9.17) is 5.11 Å². The van der Waals surface area contributed by atoms with Crippen LogP contribution < -0.4 is 0 Å². The van der Waals surface area contributed by atoms with E-state index in [2.05, 4.69) is 4.74 Å². The van der Waals surface area contributed by atoms with Gasteiger partial charge in [0.15, 0.2) is 0 Å². The van der Waals surface area contributed by atoms with Gasteiger partial charge in [-0.1, -0.05) is 0 Å². The van der Waals surface area contributed by atoms with Crippen LogP contribution in [0.1, 0.15) is 0 Å². The molecule has 1 N–H and O–H groups in total. The monoisotopic (exact) mass is 192 g/mol. The second-order valence-corrected chi connectivity index (χ2v) is 1.80. The molecule has 0 aliphatic carbocycles. The van der Waals surface area contributed by atoms with Gasteiger partial charge in [0.25, 0.3) is 6.08 Å². The fraction of sp³-hybridized carbons (Fsp3) is 0.143. The maximum atomic E-state index is 11.4. The van der Waals surface area contributed by atoms with Crippen LogP contribution in [-0.2, 0) is 14.3 Å². The van der Waals surface area contributed by atoms with Crippen LogP contribution in [0.4, 0.5) is 8.78 Å². The Labute approximate surface area is 72.1 Å². The highest BCUT2D eigenvalue weighted by Crippen LogP contribution is 1.95. The smallest absolute Gasteiger partial charge is 0.331 e. The molecule has 0 saturated heterocycles. The van der Waals surface area contributed by atoms with E-state index in [9.17, 15) is 18.4 Å². The van der Waals surface area contributed by atoms with E-state index in [1.165, 1.54) is 0 Å². The van der Waals surface area contributed by atoms with Crippen LogP contribution in [0.25, 0.3) is 0 Å². The van der Waals surface area contributed by atoms with E-state index < -0.39 is 24.6 Å². The molecule has 0 aliphatic heterocycles. The highest BCUT2D eigenvalue weighted by atomic mass is 19.3. The van der Waals surface area contributed by atoms with Crippen molar-refractivity contribution in [2.45, 2.75) is 0 Å². The van der Waals surface area contributed by atoms with E-state index >= 15 is 0 Å². The molecule has 0 aromatic rings. The Hall–Kier alpha value is -1.72. The normalized spacial score (nSPS) is 9.69. The summed E-state index contributed by atoms with van der Waals surface area (Å²) in [5.41, 5.74) is 0. The second kappa shape index (κ2) is 5.87. The van der Waals surface area contributed by atoms with Gasteiger partial charge in [-0.15, -0.1) is 0 Å². The Morgan fingerprint density at radius 3 is 2.38 bits per heavy atom. The van der Waals surface area contributed by atoms with Crippen molar-refractivity contribution < 1.29 is 28.2 Å². The van der Waals surface area contributed by atoms with Crippen molar-refractivity contribution in [1.82, 2.24) is 0 Å². The lowest BCUT2D eigenvalue weighted by Crippen LogP contribution is -2.01. The summed E-state index contributed by atoms with van der Waals surface area (Å²) in [6.45, 7) is -0.578. The van der Waals surface area contributed by atoms with Gasteiger partial charge in [-0.2, -0.15) is 8.78 Å². The topological polar surface area (TPSA) is 63.6 Å². The molecule has 0 amide bonds. The molecule has 0 spiro atoms. The fourth-order valence-electron chi connectivity index (χ4n) is 0.374. The average Bonchev–Trinajstić information content (AvgIpc) is 2.00. The molecular formula is C7H6F2O4. The zero-order valence-corrected chi connectivity index (χ0v) is 6.37. The fourth-order valence-corrected chi connectivity index (χ4v) is 0.374. The number of carboxylic acid groups (broad SMARTS) is 1. The van der Waals surface area contributed by atoms with Gasteiger partial charge in [0.05, 0.1) is 0 Å². The number of carbonyl (C=O) groups is 2. The van der Waals surface area contributed by atoms with Gasteiger partial charge in [-0.05, 0) is 0 Å². The minimum atomic E-state index is -1.96. The molecule has 13 heavy (non-hydrogen) atoms. The zero-order chi connectivity index (χ0) is 10.3. The standard InChI is InChI=1S/C7H6F2O4/c8-5(9)3-4-13-7(12)2-1-6(10)11/h1-3H,4H2,(H,10,11). The third kappa shape index (κ3) is 8.18. The molecule has 0 aromatic heterocycles. The van der Waals surface area contributed by atoms with Crippen LogP contribution >= 0.6 is 0 Å². The summed E-state index contributed by atoms with van der Waals surface area (Å²) in [5.74, 6) is -2.30. The molecule has 0 fully saturated rings. The number of hydrogen-bond donors (Lipinski definition) is 1. The third-order valence-corrected chi connectivity index (χ3v) is 0.825. The van der Waals surface area contributed by atoms with Crippen molar-refractivity contribution in [3.8, 4) is 0 Å².